The Labute approximate surface area is 168 Å². The second kappa shape index (κ2) is 8.77. The van der Waals surface area contributed by atoms with Crippen LogP contribution in [0.1, 0.15) is 26.2 Å². The van der Waals surface area contributed by atoms with Crippen molar-refractivity contribution in [1.29, 1.82) is 0 Å². The number of fused-ring (bicyclic) bond motifs is 1. The SMILES string of the molecule is CCCCCOc1c(O)cc2oc(-c3ccc(OC)c(OC)c3)cc(=O)c2c1O. The van der Waals surface area contributed by atoms with Crippen LogP contribution in [-0.4, -0.2) is 31.0 Å². The van der Waals surface area contributed by atoms with Gasteiger partial charge in [-0.3, -0.25) is 4.79 Å². The van der Waals surface area contributed by atoms with Gasteiger partial charge in [-0.2, -0.15) is 0 Å². The molecule has 2 aromatic carbocycles. The van der Waals surface area contributed by atoms with Crippen LogP contribution in [0.25, 0.3) is 22.3 Å². The number of hydrogen-bond donors (Lipinski definition) is 2. The smallest absolute Gasteiger partial charge is 0.204 e. The number of ether oxygens (including phenoxy) is 3. The number of unbranched alkanes of at least 4 members (excludes halogenated alkanes) is 2. The first-order chi connectivity index (χ1) is 14.0. The minimum atomic E-state index is -0.452. The van der Waals surface area contributed by atoms with E-state index < -0.39 is 11.2 Å². The number of methoxy groups -OCH3 is 2. The molecule has 0 aliphatic rings. The second-order valence-corrected chi connectivity index (χ2v) is 6.55. The Morgan fingerprint density at radius 2 is 1.76 bits per heavy atom. The molecule has 7 nitrogen and oxygen atoms in total. The van der Waals surface area contributed by atoms with E-state index in [2.05, 4.69) is 6.92 Å². The van der Waals surface area contributed by atoms with E-state index in [1.54, 1.807) is 18.2 Å². The average Bonchev–Trinajstić information content (AvgIpc) is 2.71. The molecule has 29 heavy (non-hydrogen) atoms. The molecule has 0 fully saturated rings. The van der Waals surface area contributed by atoms with Gasteiger partial charge in [0, 0.05) is 17.7 Å². The molecule has 0 saturated heterocycles. The zero-order valence-electron chi connectivity index (χ0n) is 16.7. The van der Waals surface area contributed by atoms with Gasteiger partial charge in [-0.05, 0) is 24.6 Å². The van der Waals surface area contributed by atoms with E-state index in [1.807, 2.05) is 0 Å². The molecule has 154 valence electrons. The molecule has 0 radical (unpaired) electrons. The fraction of sp³-hybridized carbons (Fsp3) is 0.318. The van der Waals surface area contributed by atoms with Crippen molar-refractivity contribution in [2.45, 2.75) is 26.2 Å². The maximum atomic E-state index is 12.7. The minimum absolute atomic E-state index is 0.0440. The quantitative estimate of drug-likeness (QED) is 0.539. The predicted molar refractivity (Wildman–Crippen MR) is 109 cm³/mol. The Morgan fingerprint density at radius 3 is 2.45 bits per heavy atom. The molecular formula is C22H24O7. The van der Waals surface area contributed by atoms with Crippen LogP contribution in [0.4, 0.5) is 0 Å². The summed E-state index contributed by atoms with van der Waals surface area (Å²) in [6.45, 7) is 2.39. The number of hydrogen-bond acceptors (Lipinski definition) is 7. The highest BCUT2D eigenvalue weighted by Gasteiger charge is 2.19. The van der Waals surface area contributed by atoms with Gasteiger partial charge >= 0.3 is 0 Å². The summed E-state index contributed by atoms with van der Waals surface area (Å²) in [5.41, 5.74) is 0.186. The molecule has 3 aromatic rings. The number of phenolic OH excluding ortho intramolecular Hbond substituents is 2. The fourth-order valence-electron chi connectivity index (χ4n) is 3.07. The Kier molecular flexibility index (Phi) is 6.16. The maximum absolute atomic E-state index is 12.7. The topological polar surface area (TPSA) is 98.4 Å². The number of benzene rings is 2. The lowest BCUT2D eigenvalue weighted by Gasteiger charge is -2.12. The molecular weight excluding hydrogens is 376 g/mol. The molecule has 0 unspecified atom stereocenters. The summed E-state index contributed by atoms with van der Waals surface area (Å²) in [5, 5.41) is 20.7. The van der Waals surface area contributed by atoms with Gasteiger partial charge in [-0.15, -0.1) is 0 Å². The lowest BCUT2D eigenvalue weighted by molar-refractivity contribution is 0.276. The van der Waals surface area contributed by atoms with Gasteiger partial charge < -0.3 is 28.8 Å². The fourth-order valence-corrected chi connectivity index (χ4v) is 3.07. The van der Waals surface area contributed by atoms with Crippen LogP contribution in [0, 0.1) is 0 Å². The third kappa shape index (κ3) is 4.08. The molecule has 0 saturated carbocycles. The van der Waals surface area contributed by atoms with Crippen LogP contribution in [0.5, 0.6) is 28.7 Å². The molecule has 2 N–H and O–H groups in total. The first-order valence-corrected chi connectivity index (χ1v) is 9.38. The van der Waals surface area contributed by atoms with Crippen molar-refractivity contribution in [3.8, 4) is 40.1 Å². The average molecular weight is 400 g/mol. The third-order valence-electron chi connectivity index (χ3n) is 4.59. The van der Waals surface area contributed by atoms with Crippen molar-refractivity contribution in [3.63, 3.8) is 0 Å². The van der Waals surface area contributed by atoms with Gasteiger partial charge in [0.05, 0.1) is 20.8 Å². The van der Waals surface area contributed by atoms with Crippen LogP contribution < -0.4 is 19.6 Å². The van der Waals surface area contributed by atoms with E-state index in [-0.39, 0.29) is 28.2 Å². The Balaban J connectivity index is 2.05. The maximum Gasteiger partial charge on any atom is 0.204 e. The Hall–Kier alpha value is -3.35. The van der Waals surface area contributed by atoms with E-state index >= 15 is 0 Å². The summed E-state index contributed by atoms with van der Waals surface area (Å²) in [6, 6.07) is 7.64. The lowest BCUT2D eigenvalue weighted by Crippen LogP contribution is -2.04. The van der Waals surface area contributed by atoms with Crippen molar-refractivity contribution in [1.82, 2.24) is 0 Å². The van der Waals surface area contributed by atoms with Gasteiger partial charge in [-0.1, -0.05) is 19.8 Å². The van der Waals surface area contributed by atoms with E-state index in [0.29, 0.717) is 23.7 Å². The summed E-state index contributed by atoms with van der Waals surface area (Å²) in [7, 11) is 3.04. The van der Waals surface area contributed by atoms with Gasteiger partial charge in [0.1, 0.15) is 16.7 Å². The van der Waals surface area contributed by atoms with Gasteiger partial charge in [0.2, 0.25) is 5.75 Å². The summed E-state index contributed by atoms with van der Waals surface area (Å²) >= 11 is 0. The first-order valence-electron chi connectivity index (χ1n) is 9.38. The van der Waals surface area contributed by atoms with Crippen molar-refractivity contribution < 1.29 is 28.8 Å². The van der Waals surface area contributed by atoms with Crippen molar-refractivity contribution in [3.05, 3.63) is 40.6 Å². The monoisotopic (exact) mass is 400 g/mol. The van der Waals surface area contributed by atoms with Crippen molar-refractivity contribution in [2.75, 3.05) is 20.8 Å². The summed E-state index contributed by atoms with van der Waals surface area (Å²) in [4.78, 5) is 12.7. The molecule has 0 spiro atoms. The standard InChI is InChI=1S/C22H24O7/c1-4-5-6-9-28-22-15(24)12-19-20(21(22)25)14(23)11-17(29-19)13-7-8-16(26-2)18(10-13)27-3/h7-8,10-12,24-25H,4-6,9H2,1-3H3. The molecule has 0 bridgehead atoms. The van der Waals surface area contributed by atoms with E-state index in [1.165, 1.54) is 26.4 Å². The van der Waals surface area contributed by atoms with E-state index in [4.69, 9.17) is 18.6 Å². The van der Waals surface area contributed by atoms with Crippen LogP contribution in [0.2, 0.25) is 0 Å². The van der Waals surface area contributed by atoms with Crippen LogP contribution in [-0.2, 0) is 0 Å². The highest BCUT2D eigenvalue weighted by Crippen LogP contribution is 2.42. The number of aromatic hydroxyl groups is 2. The molecule has 0 aliphatic heterocycles. The molecule has 1 heterocycles. The zero-order valence-corrected chi connectivity index (χ0v) is 16.7. The molecule has 0 aliphatic carbocycles. The minimum Gasteiger partial charge on any atom is -0.504 e. The second-order valence-electron chi connectivity index (χ2n) is 6.55. The molecule has 0 amide bonds. The first kappa shape index (κ1) is 20.4. The molecule has 0 atom stereocenters. The van der Waals surface area contributed by atoms with Crippen LogP contribution in [0.15, 0.2) is 39.5 Å². The van der Waals surface area contributed by atoms with Gasteiger partial charge in [-0.25, -0.2) is 0 Å². The number of phenols is 2. The normalized spacial score (nSPS) is 10.9. The van der Waals surface area contributed by atoms with Crippen LogP contribution in [0.3, 0.4) is 0 Å². The predicted octanol–water partition coefficient (Wildman–Crippen LogP) is 4.46. The molecule has 1 aromatic heterocycles. The van der Waals surface area contributed by atoms with Gasteiger partial charge in [0.25, 0.3) is 0 Å². The molecule has 7 heteroatoms. The van der Waals surface area contributed by atoms with Gasteiger partial charge in [0.15, 0.2) is 28.4 Å². The van der Waals surface area contributed by atoms with Crippen molar-refractivity contribution in [2.24, 2.45) is 0 Å². The summed E-state index contributed by atoms with van der Waals surface area (Å²) < 4.78 is 21.8. The van der Waals surface area contributed by atoms with E-state index in [0.717, 1.165) is 19.3 Å². The number of rotatable bonds is 8. The van der Waals surface area contributed by atoms with E-state index in [9.17, 15) is 15.0 Å². The Morgan fingerprint density at radius 1 is 1.00 bits per heavy atom. The highest BCUT2D eigenvalue weighted by atomic mass is 16.5. The van der Waals surface area contributed by atoms with Crippen LogP contribution >= 0.6 is 0 Å². The highest BCUT2D eigenvalue weighted by molar-refractivity contribution is 5.89. The lowest BCUT2D eigenvalue weighted by atomic mass is 10.1. The van der Waals surface area contributed by atoms with Crippen molar-refractivity contribution >= 4 is 11.0 Å². The summed E-state index contributed by atoms with van der Waals surface area (Å²) in [5.74, 6) is 0.454. The Bertz CT molecular complexity index is 1070. The third-order valence-corrected chi connectivity index (χ3v) is 4.59. The largest absolute Gasteiger partial charge is 0.504 e. The zero-order chi connectivity index (χ0) is 21.0. The summed E-state index contributed by atoms with van der Waals surface area (Å²) in [6.07, 6.45) is 2.76. The molecule has 3 rings (SSSR count).